The minimum atomic E-state index is -0.558. The molecule has 1 aromatic carbocycles. The fourth-order valence-corrected chi connectivity index (χ4v) is 2.60. The predicted octanol–water partition coefficient (Wildman–Crippen LogP) is 2.90. The van der Waals surface area contributed by atoms with Crippen molar-refractivity contribution < 1.29 is 13.9 Å². The lowest BCUT2D eigenvalue weighted by Crippen LogP contribution is -2.33. The normalized spacial score (nSPS) is 17.6. The van der Waals surface area contributed by atoms with Crippen LogP contribution in [0.2, 0.25) is 0 Å². The van der Waals surface area contributed by atoms with Gasteiger partial charge in [-0.05, 0) is 17.5 Å². The van der Waals surface area contributed by atoms with Crippen LogP contribution in [0.4, 0.5) is 0 Å². The Kier molecular flexibility index (Phi) is 4.22. The molecular weight excluding hydrogens is 292 g/mol. The second-order valence-electron chi connectivity index (χ2n) is 6.79. The number of benzene rings is 1. The van der Waals surface area contributed by atoms with Gasteiger partial charge in [-0.2, -0.15) is 0 Å². The second kappa shape index (κ2) is 6.16. The Balaban J connectivity index is 1.66. The number of aromatic nitrogens is 1. The van der Waals surface area contributed by atoms with Crippen LogP contribution in [0.15, 0.2) is 34.9 Å². The van der Waals surface area contributed by atoms with E-state index in [1.54, 1.807) is 6.26 Å². The molecule has 0 radical (unpaired) electrons. The number of carbonyl (C=O) groups excluding carboxylic acids is 1. The molecule has 0 fully saturated rings. The first kappa shape index (κ1) is 15.7. The number of rotatable bonds is 3. The highest BCUT2D eigenvalue weighted by Crippen LogP contribution is 2.27. The first-order valence-corrected chi connectivity index (χ1v) is 7.87. The molecule has 3 rings (SSSR count). The van der Waals surface area contributed by atoms with Crippen LogP contribution in [0.3, 0.4) is 0 Å². The van der Waals surface area contributed by atoms with E-state index in [9.17, 15) is 4.79 Å². The third kappa shape index (κ3) is 3.45. The van der Waals surface area contributed by atoms with E-state index in [4.69, 9.17) is 9.15 Å². The van der Waals surface area contributed by atoms with Crippen LogP contribution < -0.4 is 5.32 Å². The molecule has 1 amide bonds. The molecule has 1 atom stereocenters. The number of fused-ring (bicyclic) bond motifs is 1. The summed E-state index contributed by atoms with van der Waals surface area (Å²) < 4.78 is 11.1. The monoisotopic (exact) mass is 314 g/mol. The summed E-state index contributed by atoms with van der Waals surface area (Å²) in [7, 11) is 0. The van der Waals surface area contributed by atoms with Crippen molar-refractivity contribution in [2.75, 3.05) is 6.61 Å². The van der Waals surface area contributed by atoms with E-state index >= 15 is 0 Å². The number of hydrogen-bond acceptors (Lipinski definition) is 4. The van der Waals surface area contributed by atoms with Crippen molar-refractivity contribution in [1.82, 2.24) is 10.3 Å². The predicted molar refractivity (Wildman–Crippen MR) is 85.9 cm³/mol. The molecule has 2 heterocycles. The summed E-state index contributed by atoms with van der Waals surface area (Å²) in [5.41, 5.74) is 2.92. The van der Waals surface area contributed by atoms with Crippen LogP contribution in [0.1, 0.15) is 49.6 Å². The summed E-state index contributed by atoms with van der Waals surface area (Å²) in [5.74, 6) is 0.347. The van der Waals surface area contributed by atoms with Crippen molar-refractivity contribution in [2.45, 2.75) is 45.3 Å². The first-order valence-electron chi connectivity index (χ1n) is 7.87. The lowest BCUT2D eigenvalue weighted by atomic mass is 9.93. The molecule has 0 bridgehead atoms. The maximum absolute atomic E-state index is 12.4. The molecule has 1 N–H and O–H groups in total. The fraction of sp³-hybridized carbons (Fsp3) is 0.444. The van der Waals surface area contributed by atoms with Gasteiger partial charge in [-0.3, -0.25) is 4.79 Å². The van der Waals surface area contributed by atoms with E-state index in [1.807, 2.05) is 24.3 Å². The Morgan fingerprint density at radius 2 is 2.13 bits per heavy atom. The zero-order valence-electron chi connectivity index (χ0n) is 13.8. The van der Waals surface area contributed by atoms with Gasteiger partial charge in [0.2, 0.25) is 5.89 Å². The number of hydrogen-bond donors (Lipinski definition) is 1. The number of amides is 1. The van der Waals surface area contributed by atoms with Gasteiger partial charge in [0.05, 0.1) is 18.8 Å². The molecule has 2 aromatic rings. The molecule has 0 spiro atoms. The van der Waals surface area contributed by atoms with Crippen LogP contribution in [0, 0.1) is 0 Å². The van der Waals surface area contributed by atoms with Crippen LogP contribution in [0.5, 0.6) is 0 Å². The van der Waals surface area contributed by atoms with Gasteiger partial charge in [-0.25, -0.2) is 4.98 Å². The number of carbonyl (C=O) groups is 1. The summed E-state index contributed by atoms with van der Waals surface area (Å²) in [5, 5.41) is 2.85. The summed E-state index contributed by atoms with van der Waals surface area (Å²) in [6.45, 7) is 7.03. The van der Waals surface area contributed by atoms with Gasteiger partial charge in [-0.1, -0.05) is 45.0 Å². The highest BCUT2D eigenvalue weighted by molar-refractivity contribution is 5.82. The van der Waals surface area contributed by atoms with Gasteiger partial charge in [-0.15, -0.1) is 0 Å². The van der Waals surface area contributed by atoms with E-state index < -0.39 is 6.10 Å². The zero-order valence-corrected chi connectivity index (χ0v) is 13.8. The molecule has 5 heteroatoms. The molecule has 1 aliphatic heterocycles. The van der Waals surface area contributed by atoms with Gasteiger partial charge in [0.1, 0.15) is 6.26 Å². The Morgan fingerprint density at radius 3 is 2.87 bits per heavy atom. The molecule has 5 nitrogen and oxygen atoms in total. The van der Waals surface area contributed by atoms with E-state index in [1.165, 1.54) is 5.56 Å². The molecule has 1 aliphatic rings. The zero-order chi connectivity index (χ0) is 16.4. The van der Waals surface area contributed by atoms with Crippen molar-refractivity contribution in [2.24, 2.45) is 0 Å². The smallest absolute Gasteiger partial charge is 0.254 e. The SMILES string of the molecule is CC(C)(C)c1coc(CNC(=O)C2OCCc3ccccc32)n1. The van der Waals surface area contributed by atoms with Gasteiger partial charge in [0.25, 0.3) is 5.91 Å². The first-order chi connectivity index (χ1) is 10.9. The van der Waals surface area contributed by atoms with Crippen molar-refractivity contribution in [1.29, 1.82) is 0 Å². The molecule has 0 saturated carbocycles. The number of ether oxygens (including phenoxy) is 1. The van der Waals surface area contributed by atoms with Crippen molar-refractivity contribution >= 4 is 5.91 Å². The minimum Gasteiger partial charge on any atom is -0.447 e. The standard InChI is InChI=1S/C18H22N2O3/c1-18(2,3)14-11-23-15(20-14)10-19-17(21)16-13-7-5-4-6-12(13)8-9-22-16/h4-7,11,16H,8-10H2,1-3H3,(H,19,21). The lowest BCUT2D eigenvalue weighted by molar-refractivity contribution is -0.134. The van der Waals surface area contributed by atoms with E-state index in [2.05, 4.69) is 31.1 Å². The topological polar surface area (TPSA) is 64.4 Å². The van der Waals surface area contributed by atoms with Crippen LogP contribution in [0.25, 0.3) is 0 Å². The average molecular weight is 314 g/mol. The van der Waals surface area contributed by atoms with Crippen molar-refractivity contribution in [3.05, 3.63) is 53.2 Å². The maximum Gasteiger partial charge on any atom is 0.254 e. The molecule has 1 aromatic heterocycles. The maximum atomic E-state index is 12.4. The second-order valence-corrected chi connectivity index (χ2v) is 6.79. The average Bonchev–Trinajstić information content (AvgIpc) is 3.01. The Labute approximate surface area is 136 Å². The number of oxazole rings is 1. The number of nitrogens with one attached hydrogen (secondary N) is 1. The molecule has 0 saturated heterocycles. The van der Waals surface area contributed by atoms with Crippen LogP contribution >= 0.6 is 0 Å². The van der Waals surface area contributed by atoms with Crippen LogP contribution in [-0.4, -0.2) is 17.5 Å². The minimum absolute atomic E-state index is 0.0722. The Bertz CT molecular complexity index is 700. The summed E-state index contributed by atoms with van der Waals surface area (Å²) in [6, 6.07) is 7.90. The lowest BCUT2D eigenvalue weighted by Gasteiger charge is -2.24. The summed E-state index contributed by atoms with van der Waals surface area (Å²) in [6.07, 6.45) is 1.93. The quantitative estimate of drug-likeness (QED) is 0.946. The van der Waals surface area contributed by atoms with Crippen molar-refractivity contribution in [3.8, 4) is 0 Å². The summed E-state index contributed by atoms with van der Waals surface area (Å²) >= 11 is 0. The van der Waals surface area contributed by atoms with E-state index in [0.717, 1.165) is 17.7 Å². The molecule has 23 heavy (non-hydrogen) atoms. The van der Waals surface area contributed by atoms with Crippen LogP contribution in [-0.2, 0) is 27.9 Å². The highest BCUT2D eigenvalue weighted by Gasteiger charge is 2.27. The third-order valence-electron chi connectivity index (χ3n) is 3.97. The van der Waals surface area contributed by atoms with E-state index in [-0.39, 0.29) is 17.9 Å². The molecular formula is C18H22N2O3. The summed E-state index contributed by atoms with van der Waals surface area (Å²) in [4.78, 5) is 16.9. The fourth-order valence-electron chi connectivity index (χ4n) is 2.60. The van der Waals surface area contributed by atoms with Gasteiger partial charge < -0.3 is 14.5 Å². The number of nitrogens with zero attached hydrogens (tertiary/aromatic N) is 1. The molecule has 122 valence electrons. The molecule has 0 aliphatic carbocycles. The largest absolute Gasteiger partial charge is 0.447 e. The Morgan fingerprint density at radius 1 is 1.35 bits per heavy atom. The highest BCUT2D eigenvalue weighted by atomic mass is 16.5. The van der Waals surface area contributed by atoms with E-state index in [0.29, 0.717) is 12.5 Å². The van der Waals surface area contributed by atoms with Crippen molar-refractivity contribution in [3.63, 3.8) is 0 Å². The van der Waals surface area contributed by atoms with Gasteiger partial charge >= 0.3 is 0 Å². The van der Waals surface area contributed by atoms with Gasteiger partial charge in [0.15, 0.2) is 6.10 Å². The third-order valence-corrected chi connectivity index (χ3v) is 3.97. The van der Waals surface area contributed by atoms with Gasteiger partial charge in [0, 0.05) is 5.41 Å². The Hall–Kier alpha value is -2.14. The molecule has 1 unspecified atom stereocenters.